The van der Waals surface area contributed by atoms with Crippen molar-refractivity contribution >= 4 is 11.6 Å². The summed E-state index contributed by atoms with van der Waals surface area (Å²) in [7, 11) is 0. The Hall–Kier alpha value is -4.75. The third-order valence-electron chi connectivity index (χ3n) is 6.84. The highest BCUT2D eigenvalue weighted by Gasteiger charge is 2.28. The Balaban J connectivity index is 1.36. The summed E-state index contributed by atoms with van der Waals surface area (Å²) in [6.07, 6.45) is 2.34. The van der Waals surface area contributed by atoms with Gasteiger partial charge in [-0.25, -0.2) is 4.98 Å². The van der Waals surface area contributed by atoms with Gasteiger partial charge in [0.05, 0.1) is 24.7 Å². The van der Waals surface area contributed by atoms with Crippen LogP contribution in [0, 0.1) is 6.92 Å². The number of para-hydroxylation sites is 1. The number of ether oxygens (including phenoxy) is 1. The van der Waals surface area contributed by atoms with Gasteiger partial charge in [0.1, 0.15) is 11.5 Å². The Kier molecular flexibility index (Phi) is 6.89. The summed E-state index contributed by atoms with van der Waals surface area (Å²) in [4.78, 5) is 27.7. The van der Waals surface area contributed by atoms with Crippen molar-refractivity contribution in [3.8, 4) is 11.5 Å². The van der Waals surface area contributed by atoms with Crippen LogP contribution in [0.25, 0.3) is 0 Å². The first kappa shape index (κ1) is 24.6. The van der Waals surface area contributed by atoms with Crippen molar-refractivity contribution in [3.05, 3.63) is 142 Å². The van der Waals surface area contributed by atoms with Gasteiger partial charge in [0, 0.05) is 30.4 Å². The minimum absolute atomic E-state index is 0.0129. The minimum atomic E-state index is -0.0129. The van der Waals surface area contributed by atoms with Crippen molar-refractivity contribution in [3.63, 3.8) is 0 Å². The van der Waals surface area contributed by atoms with Crippen LogP contribution in [-0.2, 0) is 19.6 Å². The van der Waals surface area contributed by atoms with Gasteiger partial charge in [-0.05, 0) is 61.0 Å². The van der Waals surface area contributed by atoms with E-state index in [9.17, 15) is 4.79 Å². The Labute approximate surface area is 227 Å². The van der Waals surface area contributed by atoms with Gasteiger partial charge >= 0.3 is 0 Å². The maximum Gasteiger partial charge on any atom is 0.259 e. The lowest BCUT2D eigenvalue weighted by Gasteiger charge is -2.38. The van der Waals surface area contributed by atoms with E-state index < -0.39 is 0 Å². The van der Waals surface area contributed by atoms with Gasteiger partial charge in [-0.15, -0.1) is 0 Å². The molecule has 0 radical (unpaired) electrons. The molecule has 0 aliphatic carbocycles. The highest BCUT2D eigenvalue weighted by molar-refractivity contribution is 5.60. The summed E-state index contributed by atoms with van der Waals surface area (Å²) in [5.74, 6) is 2.17. The highest BCUT2D eigenvalue weighted by atomic mass is 16.5. The molecule has 194 valence electrons. The molecule has 0 fully saturated rings. The second kappa shape index (κ2) is 10.9. The molecular weight excluding hydrogens is 486 g/mol. The van der Waals surface area contributed by atoms with Crippen molar-refractivity contribution in [2.24, 2.45) is 0 Å². The Morgan fingerprint density at radius 2 is 1.49 bits per heavy atom. The fourth-order valence-electron chi connectivity index (χ4n) is 4.87. The molecule has 3 aromatic carbocycles. The second-order valence-corrected chi connectivity index (χ2v) is 9.64. The number of fused-ring (bicyclic) bond motifs is 1. The first-order chi connectivity index (χ1) is 19.1. The van der Waals surface area contributed by atoms with Gasteiger partial charge < -0.3 is 4.74 Å². The fraction of sp³-hybridized carbons (Fsp3) is 0.156. The minimum Gasteiger partial charge on any atom is -0.457 e. The molecule has 7 nitrogen and oxygen atoms in total. The van der Waals surface area contributed by atoms with E-state index >= 15 is 0 Å². The largest absolute Gasteiger partial charge is 0.457 e. The first-order valence-corrected chi connectivity index (χ1v) is 13.0. The number of aryl methyl sites for hydroxylation is 1. The van der Waals surface area contributed by atoms with Gasteiger partial charge in [-0.1, -0.05) is 54.6 Å². The van der Waals surface area contributed by atoms with E-state index in [2.05, 4.69) is 14.8 Å². The van der Waals surface area contributed by atoms with Crippen molar-refractivity contribution in [2.45, 2.75) is 26.6 Å². The molecule has 0 saturated heterocycles. The van der Waals surface area contributed by atoms with E-state index in [1.165, 1.54) is 0 Å². The number of rotatable bonds is 7. The van der Waals surface area contributed by atoms with E-state index in [0.29, 0.717) is 32.3 Å². The van der Waals surface area contributed by atoms with Crippen molar-refractivity contribution in [1.29, 1.82) is 0 Å². The molecule has 1 aliphatic heterocycles. The normalized spacial score (nSPS) is 13.2. The van der Waals surface area contributed by atoms with Crippen LogP contribution in [0.3, 0.4) is 0 Å². The zero-order valence-corrected chi connectivity index (χ0v) is 21.8. The quantitative estimate of drug-likeness (QED) is 0.269. The highest BCUT2D eigenvalue weighted by Crippen LogP contribution is 2.31. The van der Waals surface area contributed by atoms with Gasteiger partial charge in [0.2, 0.25) is 5.95 Å². The van der Waals surface area contributed by atoms with Gasteiger partial charge in [0.15, 0.2) is 0 Å². The van der Waals surface area contributed by atoms with Gasteiger partial charge in [-0.2, -0.15) is 0 Å². The zero-order chi connectivity index (χ0) is 26.6. The zero-order valence-electron chi connectivity index (χ0n) is 21.8. The molecule has 6 rings (SSSR count). The molecule has 0 saturated carbocycles. The van der Waals surface area contributed by atoms with Gasteiger partial charge in [-0.3, -0.25) is 24.1 Å². The topological polar surface area (TPSA) is 63.5 Å². The standard InChI is InChI=1S/C32H29N5O2/c1-24-30(20-25-10-4-2-5-11-25)31(38)37-23-35(21-26-12-8-9-19-33-26)22-36(32(37)34-24)27-15-17-29(18-16-27)39-28-13-6-3-7-14-28/h2-19H,20-23H2,1H3. The van der Waals surface area contributed by atoms with E-state index in [1.807, 2.05) is 110 Å². The van der Waals surface area contributed by atoms with Crippen LogP contribution in [0.2, 0.25) is 0 Å². The number of hydrogen-bond donors (Lipinski definition) is 0. The molecule has 2 aromatic heterocycles. The molecule has 7 heteroatoms. The molecule has 0 atom stereocenters. The van der Waals surface area contributed by atoms with Crippen LogP contribution in [0.15, 0.2) is 114 Å². The Bertz CT molecular complexity index is 1600. The summed E-state index contributed by atoms with van der Waals surface area (Å²) in [6, 6.07) is 33.6. The number of pyridine rings is 1. The third kappa shape index (κ3) is 5.44. The summed E-state index contributed by atoms with van der Waals surface area (Å²) < 4.78 is 7.78. The maximum atomic E-state index is 13.9. The number of aromatic nitrogens is 3. The van der Waals surface area contributed by atoms with Crippen LogP contribution < -0.4 is 15.2 Å². The molecule has 5 aromatic rings. The predicted molar refractivity (Wildman–Crippen MR) is 152 cm³/mol. The van der Waals surface area contributed by atoms with E-state index in [1.54, 1.807) is 10.8 Å². The maximum absolute atomic E-state index is 13.9. The smallest absolute Gasteiger partial charge is 0.259 e. The van der Waals surface area contributed by atoms with Crippen LogP contribution in [0.1, 0.15) is 22.5 Å². The first-order valence-electron chi connectivity index (χ1n) is 13.0. The Morgan fingerprint density at radius 3 is 2.21 bits per heavy atom. The number of anilines is 2. The number of hydrogen-bond acceptors (Lipinski definition) is 6. The third-order valence-corrected chi connectivity index (χ3v) is 6.84. The van der Waals surface area contributed by atoms with Gasteiger partial charge in [0.25, 0.3) is 5.56 Å². The molecule has 0 bridgehead atoms. The van der Waals surface area contributed by atoms with Crippen molar-refractivity contribution < 1.29 is 4.74 Å². The molecule has 0 amide bonds. The summed E-state index contributed by atoms with van der Waals surface area (Å²) in [5.41, 5.74) is 4.42. The average Bonchev–Trinajstić information content (AvgIpc) is 2.97. The summed E-state index contributed by atoms with van der Waals surface area (Å²) in [6.45, 7) is 3.54. The van der Waals surface area contributed by atoms with Crippen LogP contribution in [0.4, 0.5) is 11.6 Å². The summed E-state index contributed by atoms with van der Waals surface area (Å²) >= 11 is 0. The molecule has 0 N–H and O–H groups in total. The van der Waals surface area contributed by atoms with Crippen molar-refractivity contribution in [2.75, 3.05) is 11.6 Å². The second-order valence-electron chi connectivity index (χ2n) is 9.64. The lowest BCUT2D eigenvalue weighted by molar-refractivity contribution is 0.187. The van der Waals surface area contributed by atoms with Crippen molar-refractivity contribution in [1.82, 2.24) is 19.4 Å². The van der Waals surface area contributed by atoms with Crippen LogP contribution in [-0.4, -0.2) is 26.1 Å². The monoisotopic (exact) mass is 515 g/mol. The van der Waals surface area contributed by atoms with E-state index in [0.717, 1.165) is 39.7 Å². The van der Waals surface area contributed by atoms with E-state index in [4.69, 9.17) is 9.72 Å². The Morgan fingerprint density at radius 1 is 0.795 bits per heavy atom. The predicted octanol–water partition coefficient (Wildman–Crippen LogP) is 5.90. The molecule has 3 heterocycles. The molecular formula is C32H29N5O2. The number of nitrogens with zero attached hydrogens (tertiary/aromatic N) is 5. The lowest BCUT2D eigenvalue weighted by atomic mass is 10.1. The average molecular weight is 516 g/mol. The summed E-state index contributed by atoms with van der Waals surface area (Å²) in [5, 5.41) is 0. The molecule has 39 heavy (non-hydrogen) atoms. The lowest BCUT2D eigenvalue weighted by Crippen LogP contribution is -2.47. The van der Waals surface area contributed by atoms with Crippen LogP contribution in [0.5, 0.6) is 11.5 Å². The molecule has 1 aliphatic rings. The van der Waals surface area contributed by atoms with E-state index in [-0.39, 0.29) is 5.56 Å². The number of benzene rings is 3. The van der Waals surface area contributed by atoms with Crippen LogP contribution >= 0.6 is 0 Å². The molecule has 0 unspecified atom stereocenters. The SMILES string of the molecule is Cc1nc2n(c(=O)c1Cc1ccccc1)CN(Cc1ccccn1)CN2c1ccc(Oc2ccccc2)cc1. The molecule has 0 spiro atoms. The fourth-order valence-corrected chi connectivity index (χ4v) is 4.87.